The highest BCUT2D eigenvalue weighted by atomic mass is 16.3. The molecule has 0 aliphatic carbocycles. The van der Waals surface area contributed by atoms with Crippen LogP contribution in [0.1, 0.15) is 24.6 Å². The van der Waals surface area contributed by atoms with Gasteiger partial charge in [0.05, 0.1) is 11.6 Å². The SMILES string of the molecule is N#CCC(=O)N1CCC(NC(O)c2c(N)nn3cccnc23)C1. The summed E-state index contributed by atoms with van der Waals surface area (Å²) in [6.45, 7) is 1.01. The number of nitriles is 1. The van der Waals surface area contributed by atoms with Crippen molar-refractivity contribution in [1.82, 2.24) is 24.8 Å². The Hall–Kier alpha value is -2.70. The Morgan fingerprint density at radius 1 is 1.65 bits per heavy atom. The van der Waals surface area contributed by atoms with Crippen LogP contribution in [0.5, 0.6) is 0 Å². The summed E-state index contributed by atoms with van der Waals surface area (Å²) in [6, 6.07) is 3.50. The third kappa shape index (κ3) is 2.94. The van der Waals surface area contributed by atoms with Crippen LogP contribution in [0.3, 0.4) is 0 Å². The number of aromatic nitrogens is 3. The van der Waals surface area contributed by atoms with Crippen LogP contribution in [-0.4, -0.2) is 49.6 Å². The van der Waals surface area contributed by atoms with Gasteiger partial charge in [0, 0.05) is 31.5 Å². The smallest absolute Gasteiger partial charge is 0.236 e. The van der Waals surface area contributed by atoms with Gasteiger partial charge in [-0.1, -0.05) is 0 Å². The number of amides is 1. The molecule has 1 amide bonds. The predicted molar refractivity (Wildman–Crippen MR) is 80.7 cm³/mol. The van der Waals surface area contributed by atoms with E-state index in [-0.39, 0.29) is 24.2 Å². The van der Waals surface area contributed by atoms with Crippen molar-refractivity contribution >= 4 is 17.4 Å². The Bertz CT molecular complexity index is 766. The highest BCUT2D eigenvalue weighted by Gasteiger charge is 2.29. The van der Waals surface area contributed by atoms with E-state index >= 15 is 0 Å². The molecule has 2 unspecified atom stereocenters. The molecule has 4 N–H and O–H groups in total. The molecule has 23 heavy (non-hydrogen) atoms. The minimum atomic E-state index is -1.03. The number of nitrogens with zero attached hydrogens (tertiary/aromatic N) is 5. The van der Waals surface area contributed by atoms with Crippen LogP contribution in [0.2, 0.25) is 0 Å². The molecule has 9 heteroatoms. The number of carbonyl (C=O) groups excluding carboxylic acids is 1. The second kappa shape index (κ2) is 6.20. The molecule has 1 fully saturated rings. The predicted octanol–water partition coefficient (Wildman–Crippen LogP) is -0.593. The van der Waals surface area contributed by atoms with E-state index in [1.807, 2.05) is 6.07 Å². The van der Waals surface area contributed by atoms with Gasteiger partial charge in [-0.25, -0.2) is 9.50 Å². The van der Waals surface area contributed by atoms with Gasteiger partial charge in [-0.3, -0.25) is 10.1 Å². The number of rotatable bonds is 4. The molecule has 0 bridgehead atoms. The number of nitrogen functional groups attached to an aromatic ring is 1. The van der Waals surface area contributed by atoms with E-state index in [0.717, 1.165) is 0 Å². The minimum Gasteiger partial charge on any atom is -0.382 e. The van der Waals surface area contributed by atoms with E-state index in [4.69, 9.17) is 11.0 Å². The fourth-order valence-corrected chi connectivity index (χ4v) is 2.79. The number of aliphatic hydroxyl groups excluding tert-OH is 1. The topological polar surface area (TPSA) is 133 Å². The largest absolute Gasteiger partial charge is 0.382 e. The molecule has 9 nitrogen and oxygen atoms in total. The van der Waals surface area contributed by atoms with Crippen molar-refractivity contribution in [3.05, 3.63) is 24.0 Å². The zero-order valence-corrected chi connectivity index (χ0v) is 12.4. The van der Waals surface area contributed by atoms with E-state index < -0.39 is 6.23 Å². The molecule has 0 radical (unpaired) electrons. The van der Waals surface area contributed by atoms with E-state index in [1.165, 1.54) is 4.52 Å². The lowest BCUT2D eigenvalue weighted by molar-refractivity contribution is -0.129. The first kappa shape index (κ1) is 15.2. The minimum absolute atomic E-state index is 0.0781. The zero-order chi connectivity index (χ0) is 16.4. The average Bonchev–Trinajstić information content (AvgIpc) is 3.10. The van der Waals surface area contributed by atoms with Gasteiger partial charge in [-0.05, 0) is 12.5 Å². The number of anilines is 1. The molecule has 3 rings (SSSR count). The maximum atomic E-state index is 11.7. The zero-order valence-electron chi connectivity index (χ0n) is 12.4. The number of fused-ring (bicyclic) bond motifs is 1. The summed E-state index contributed by atoms with van der Waals surface area (Å²) in [5, 5.41) is 26.2. The first-order chi connectivity index (χ1) is 11.1. The van der Waals surface area contributed by atoms with Crippen molar-refractivity contribution in [1.29, 1.82) is 5.26 Å². The first-order valence-corrected chi connectivity index (χ1v) is 7.27. The normalized spacial score (nSPS) is 19.0. The molecule has 120 valence electrons. The summed E-state index contributed by atoms with van der Waals surface area (Å²) in [5.41, 5.74) is 6.78. The number of hydrogen-bond acceptors (Lipinski definition) is 7. The van der Waals surface area contributed by atoms with E-state index in [0.29, 0.717) is 30.7 Å². The summed E-state index contributed by atoms with van der Waals surface area (Å²) in [5.74, 6) is 0.0163. The maximum Gasteiger partial charge on any atom is 0.236 e. The monoisotopic (exact) mass is 315 g/mol. The molecule has 1 aliphatic heterocycles. The summed E-state index contributed by atoms with van der Waals surface area (Å²) >= 11 is 0. The number of likely N-dealkylation sites (tertiary alicyclic amines) is 1. The van der Waals surface area contributed by atoms with Gasteiger partial charge in [0.15, 0.2) is 11.5 Å². The summed E-state index contributed by atoms with van der Waals surface area (Å²) in [4.78, 5) is 17.5. The molecular weight excluding hydrogens is 298 g/mol. The Morgan fingerprint density at radius 2 is 2.48 bits per heavy atom. The van der Waals surface area contributed by atoms with Crippen molar-refractivity contribution in [2.45, 2.75) is 25.1 Å². The second-order valence-corrected chi connectivity index (χ2v) is 5.42. The lowest BCUT2D eigenvalue weighted by Crippen LogP contribution is -2.37. The number of hydrogen-bond donors (Lipinski definition) is 3. The Balaban J connectivity index is 1.70. The van der Waals surface area contributed by atoms with Gasteiger partial charge in [0.2, 0.25) is 5.91 Å². The van der Waals surface area contributed by atoms with E-state index in [9.17, 15) is 9.90 Å². The summed E-state index contributed by atoms with van der Waals surface area (Å²) < 4.78 is 1.51. The molecule has 3 heterocycles. The number of aliphatic hydroxyl groups is 1. The van der Waals surface area contributed by atoms with Gasteiger partial charge >= 0.3 is 0 Å². The van der Waals surface area contributed by atoms with E-state index in [2.05, 4.69) is 15.4 Å². The molecular formula is C14H17N7O2. The molecule has 0 saturated carbocycles. The third-order valence-electron chi connectivity index (χ3n) is 3.90. The van der Waals surface area contributed by atoms with Gasteiger partial charge in [-0.2, -0.15) is 5.26 Å². The number of nitrogens with two attached hydrogens (primary N) is 1. The van der Waals surface area contributed by atoms with Crippen LogP contribution in [0.4, 0.5) is 5.82 Å². The molecule has 1 aliphatic rings. The van der Waals surface area contributed by atoms with Crippen molar-refractivity contribution in [3.8, 4) is 6.07 Å². The summed E-state index contributed by atoms with van der Waals surface area (Å²) in [7, 11) is 0. The Labute approximate surface area is 132 Å². The van der Waals surface area contributed by atoms with Crippen molar-refractivity contribution in [2.24, 2.45) is 0 Å². The lowest BCUT2D eigenvalue weighted by Gasteiger charge is -2.19. The fourth-order valence-electron chi connectivity index (χ4n) is 2.79. The van der Waals surface area contributed by atoms with Crippen LogP contribution in [-0.2, 0) is 4.79 Å². The highest BCUT2D eigenvalue weighted by Crippen LogP contribution is 2.23. The van der Waals surface area contributed by atoms with Crippen LogP contribution in [0.25, 0.3) is 5.65 Å². The highest BCUT2D eigenvalue weighted by molar-refractivity contribution is 5.78. The van der Waals surface area contributed by atoms with Crippen LogP contribution in [0.15, 0.2) is 18.5 Å². The first-order valence-electron chi connectivity index (χ1n) is 7.27. The molecule has 2 aromatic heterocycles. The van der Waals surface area contributed by atoms with E-state index in [1.54, 1.807) is 23.4 Å². The van der Waals surface area contributed by atoms with Crippen LogP contribution >= 0.6 is 0 Å². The molecule has 0 spiro atoms. The van der Waals surface area contributed by atoms with Gasteiger partial charge in [0.1, 0.15) is 12.6 Å². The molecule has 0 aromatic carbocycles. The van der Waals surface area contributed by atoms with Crippen LogP contribution < -0.4 is 11.1 Å². The quantitative estimate of drug-likeness (QED) is 0.642. The third-order valence-corrected chi connectivity index (χ3v) is 3.90. The number of carbonyl (C=O) groups is 1. The van der Waals surface area contributed by atoms with Crippen molar-refractivity contribution in [3.63, 3.8) is 0 Å². The van der Waals surface area contributed by atoms with Gasteiger partial charge < -0.3 is 15.7 Å². The lowest BCUT2D eigenvalue weighted by atomic mass is 10.2. The molecule has 2 aromatic rings. The summed E-state index contributed by atoms with van der Waals surface area (Å²) in [6.07, 6.45) is 2.84. The fraction of sp³-hybridized carbons (Fsp3) is 0.429. The maximum absolute atomic E-state index is 11.7. The standard InChI is InChI=1S/C14H17N7O2/c15-4-2-10(22)20-7-3-9(8-20)18-14(23)11-12(16)19-21-6-1-5-17-13(11)21/h1,5-6,9,14,18,23H,2-3,7-8H2,(H2,16,19). The second-order valence-electron chi connectivity index (χ2n) is 5.42. The Kier molecular flexibility index (Phi) is 4.10. The van der Waals surface area contributed by atoms with Gasteiger partial charge in [0.25, 0.3) is 0 Å². The Morgan fingerprint density at radius 3 is 3.26 bits per heavy atom. The van der Waals surface area contributed by atoms with Crippen molar-refractivity contribution < 1.29 is 9.90 Å². The molecule has 1 saturated heterocycles. The van der Waals surface area contributed by atoms with Crippen LogP contribution in [0, 0.1) is 11.3 Å². The van der Waals surface area contributed by atoms with Gasteiger partial charge in [-0.15, -0.1) is 5.10 Å². The molecule has 2 atom stereocenters. The van der Waals surface area contributed by atoms with Crippen molar-refractivity contribution in [2.75, 3.05) is 18.8 Å². The average molecular weight is 315 g/mol. The number of nitrogens with one attached hydrogen (secondary N) is 1.